The van der Waals surface area contributed by atoms with Crippen molar-refractivity contribution in [3.8, 4) is 11.5 Å². The monoisotopic (exact) mass is 396 g/mol. The van der Waals surface area contributed by atoms with Crippen LogP contribution in [0.5, 0.6) is 11.5 Å². The molecule has 1 aliphatic rings. The van der Waals surface area contributed by atoms with E-state index in [1.807, 2.05) is 25.1 Å². The van der Waals surface area contributed by atoms with Gasteiger partial charge in [0.1, 0.15) is 18.0 Å². The Kier molecular flexibility index (Phi) is 6.16. The Morgan fingerprint density at radius 2 is 1.83 bits per heavy atom. The van der Waals surface area contributed by atoms with Gasteiger partial charge in [-0.15, -0.1) is 0 Å². The van der Waals surface area contributed by atoms with Gasteiger partial charge >= 0.3 is 0 Å². The largest absolute Gasteiger partial charge is 0.497 e. The molecule has 1 atom stereocenters. The van der Waals surface area contributed by atoms with Crippen molar-refractivity contribution >= 4 is 23.3 Å². The van der Waals surface area contributed by atoms with E-state index < -0.39 is 0 Å². The smallest absolute Gasteiger partial charge is 0.261 e. The standard InChI is InChI=1S/C22H24N2O5/c1-15-12-23(13-21(26)24(15)18-5-4-6-20(11-18)28-3)22(27)14-29-19-9-7-17(8-10-19)16(2)25/h4-11,15H,12-14H2,1-3H3/t15-/m0/s1. The fraction of sp³-hybridized carbons (Fsp3) is 0.318. The van der Waals surface area contributed by atoms with E-state index in [0.29, 0.717) is 23.6 Å². The molecule has 0 unspecified atom stereocenters. The summed E-state index contributed by atoms with van der Waals surface area (Å²) in [6.45, 7) is 3.63. The van der Waals surface area contributed by atoms with Gasteiger partial charge in [0.05, 0.1) is 13.2 Å². The van der Waals surface area contributed by atoms with Crippen LogP contribution >= 0.6 is 0 Å². The number of benzene rings is 2. The number of ketones is 1. The van der Waals surface area contributed by atoms with Crippen LogP contribution in [0.3, 0.4) is 0 Å². The molecule has 1 heterocycles. The zero-order valence-electron chi connectivity index (χ0n) is 16.8. The van der Waals surface area contributed by atoms with E-state index >= 15 is 0 Å². The number of carbonyl (C=O) groups is 3. The number of anilines is 1. The molecule has 0 spiro atoms. The van der Waals surface area contributed by atoms with Gasteiger partial charge in [-0.1, -0.05) is 6.07 Å². The highest BCUT2D eigenvalue weighted by Crippen LogP contribution is 2.25. The van der Waals surface area contributed by atoms with Crippen molar-refractivity contribution in [2.45, 2.75) is 19.9 Å². The predicted octanol–water partition coefficient (Wildman–Crippen LogP) is 2.54. The number of hydrogen-bond donors (Lipinski definition) is 0. The maximum absolute atomic E-state index is 12.7. The maximum atomic E-state index is 12.7. The summed E-state index contributed by atoms with van der Waals surface area (Å²) in [5.41, 5.74) is 1.33. The quantitative estimate of drug-likeness (QED) is 0.702. The highest BCUT2D eigenvalue weighted by atomic mass is 16.5. The van der Waals surface area contributed by atoms with Gasteiger partial charge in [-0.05, 0) is 50.2 Å². The lowest BCUT2D eigenvalue weighted by atomic mass is 10.1. The predicted molar refractivity (Wildman–Crippen MR) is 108 cm³/mol. The minimum Gasteiger partial charge on any atom is -0.497 e. The average molecular weight is 396 g/mol. The molecule has 2 aromatic rings. The molecule has 1 saturated heterocycles. The Balaban J connectivity index is 1.60. The Hall–Kier alpha value is -3.35. The highest BCUT2D eigenvalue weighted by molar-refractivity contribution is 5.99. The average Bonchev–Trinajstić information content (AvgIpc) is 2.72. The van der Waals surface area contributed by atoms with Crippen LogP contribution in [0.4, 0.5) is 5.69 Å². The molecule has 0 aliphatic carbocycles. The molecule has 0 saturated carbocycles. The first-order chi connectivity index (χ1) is 13.9. The first kappa shape index (κ1) is 20.4. The number of methoxy groups -OCH3 is 1. The minimum absolute atomic E-state index is 0.00693. The number of ether oxygens (including phenoxy) is 2. The van der Waals surface area contributed by atoms with Gasteiger partial charge in [-0.3, -0.25) is 14.4 Å². The summed E-state index contributed by atoms with van der Waals surface area (Å²) in [4.78, 5) is 39.8. The van der Waals surface area contributed by atoms with E-state index in [1.54, 1.807) is 42.3 Å². The van der Waals surface area contributed by atoms with Crippen LogP contribution < -0.4 is 14.4 Å². The molecular weight excluding hydrogens is 372 g/mol. The van der Waals surface area contributed by atoms with Crippen LogP contribution in [0.25, 0.3) is 0 Å². The summed E-state index contributed by atoms with van der Waals surface area (Å²) in [5, 5.41) is 0. The number of carbonyl (C=O) groups excluding carboxylic acids is 3. The van der Waals surface area contributed by atoms with Gasteiger partial charge in [-0.25, -0.2) is 0 Å². The van der Waals surface area contributed by atoms with Crippen LogP contribution in [0, 0.1) is 0 Å². The lowest BCUT2D eigenvalue weighted by Crippen LogP contribution is -2.57. The second kappa shape index (κ2) is 8.77. The fourth-order valence-corrected chi connectivity index (χ4v) is 3.32. The zero-order chi connectivity index (χ0) is 21.0. The molecule has 1 fully saturated rings. The van der Waals surface area contributed by atoms with Gasteiger partial charge in [0.15, 0.2) is 12.4 Å². The molecule has 7 heteroatoms. The number of amides is 2. The van der Waals surface area contributed by atoms with Gasteiger partial charge in [0, 0.05) is 23.9 Å². The van der Waals surface area contributed by atoms with Crippen molar-refractivity contribution in [3.63, 3.8) is 0 Å². The van der Waals surface area contributed by atoms with Gasteiger partial charge < -0.3 is 19.3 Å². The molecule has 3 rings (SSSR count). The highest BCUT2D eigenvalue weighted by Gasteiger charge is 2.33. The molecule has 152 valence electrons. The van der Waals surface area contributed by atoms with Crippen molar-refractivity contribution in [2.75, 3.05) is 31.7 Å². The Morgan fingerprint density at radius 1 is 1.10 bits per heavy atom. The van der Waals surface area contributed by atoms with Gasteiger partial charge in [-0.2, -0.15) is 0 Å². The topological polar surface area (TPSA) is 76.2 Å². The number of hydrogen-bond acceptors (Lipinski definition) is 5. The van der Waals surface area contributed by atoms with Crippen LogP contribution in [-0.2, 0) is 9.59 Å². The maximum Gasteiger partial charge on any atom is 0.261 e. The SMILES string of the molecule is COc1cccc(N2C(=O)CN(C(=O)COc3ccc(C(C)=O)cc3)C[C@@H]2C)c1. The van der Waals surface area contributed by atoms with Crippen molar-refractivity contribution < 1.29 is 23.9 Å². The molecule has 0 radical (unpaired) electrons. The lowest BCUT2D eigenvalue weighted by molar-refractivity contribution is -0.139. The number of Topliss-reactive ketones (excluding diaryl/α,β-unsaturated/α-hetero) is 1. The molecule has 1 aliphatic heterocycles. The van der Waals surface area contributed by atoms with Crippen LogP contribution in [0.2, 0.25) is 0 Å². The number of rotatable bonds is 6. The van der Waals surface area contributed by atoms with Crippen LogP contribution in [0.1, 0.15) is 24.2 Å². The summed E-state index contributed by atoms with van der Waals surface area (Å²) < 4.78 is 10.8. The lowest BCUT2D eigenvalue weighted by Gasteiger charge is -2.39. The number of piperazine rings is 1. The van der Waals surface area contributed by atoms with Crippen molar-refractivity contribution in [1.82, 2.24) is 4.90 Å². The number of nitrogens with zero attached hydrogens (tertiary/aromatic N) is 2. The second-order valence-corrected chi connectivity index (χ2v) is 6.96. The molecule has 7 nitrogen and oxygen atoms in total. The molecule has 0 N–H and O–H groups in total. The molecular formula is C22H24N2O5. The fourth-order valence-electron chi connectivity index (χ4n) is 3.32. The zero-order valence-corrected chi connectivity index (χ0v) is 16.8. The van der Waals surface area contributed by atoms with Crippen molar-refractivity contribution in [1.29, 1.82) is 0 Å². The normalized spacial score (nSPS) is 16.5. The summed E-state index contributed by atoms with van der Waals surface area (Å²) in [5.74, 6) is 0.722. The van der Waals surface area contributed by atoms with E-state index in [2.05, 4.69) is 0 Å². The molecule has 29 heavy (non-hydrogen) atoms. The third kappa shape index (κ3) is 4.74. The summed E-state index contributed by atoms with van der Waals surface area (Å²) in [6, 6.07) is 13.7. The summed E-state index contributed by atoms with van der Waals surface area (Å²) >= 11 is 0. The molecule has 0 bridgehead atoms. The Bertz CT molecular complexity index is 910. The van der Waals surface area contributed by atoms with E-state index in [9.17, 15) is 14.4 Å². The molecule has 2 amide bonds. The van der Waals surface area contributed by atoms with Crippen molar-refractivity contribution in [2.24, 2.45) is 0 Å². The summed E-state index contributed by atoms with van der Waals surface area (Å²) in [7, 11) is 1.58. The Labute approximate surface area is 169 Å². The Morgan fingerprint density at radius 3 is 2.45 bits per heavy atom. The summed E-state index contributed by atoms with van der Waals surface area (Å²) in [6.07, 6.45) is 0. The minimum atomic E-state index is -0.258. The first-order valence-corrected chi connectivity index (χ1v) is 9.36. The third-order valence-electron chi connectivity index (χ3n) is 4.83. The van der Waals surface area contributed by atoms with Crippen LogP contribution in [0.15, 0.2) is 48.5 Å². The van der Waals surface area contributed by atoms with Crippen molar-refractivity contribution in [3.05, 3.63) is 54.1 Å². The van der Waals surface area contributed by atoms with E-state index in [0.717, 1.165) is 5.69 Å². The van der Waals surface area contributed by atoms with E-state index in [4.69, 9.17) is 9.47 Å². The second-order valence-electron chi connectivity index (χ2n) is 6.96. The van der Waals surface area contributed by atoms with Gasteiger partial charge in [0.2, 0.25) is 5.91 Å². The first-order valence-electron chi connectivity index (χ1n) is 9.36. The van der Waals surface area contributed by atoms with E-state index in [-0.39, 0.29) is 36.8 Å². The molecule has 2 aromatic carbocycles. The van der Waals surface area contributed by atoms with Gasteiger partial charge in [0.25, 0.3) is 5.91 Å². The molecule has 0 aromatic heterocycles. The van der Waals surface area contributed by atoms with E-state index in [1.165, 1.54) is 11.8 Å². The van der Waals surface area contributed by atoms with Crippen LogP contribution in [-0.4, -0.2) is 55.3 Å². The third-order valence-corrected chi connectivity index (χ3v) is 4.83.